The lowest BCUT2D eigenvalue weighted by Crippen LogP contribution is -2.44. The number of aromatic nitrogens is 1. The first-order valence-electron chi connectivity index (χ1n) is 8.15. The normalized spacial score (nSPS) is 22.6. The largest absolute Gasteiger partial charge is 0.349 e. The Hall–Kier alpha value is -1.29. The zero-order chi connectivity index (χ0) is 15.6. The van der Waals surface area contributed by atoms with Crippen LogP contribution in [0.1, 0.15) is 67.3 Å². The summed E-state index contributed by atoms with van der Waals surface area (Å²) in [4.78, 5) is 12.6. The second-order valence-electron chi connectivity index (χ2n) is 6.61. The molecule has 2 rings (SSSR count). The van der Waals surface area contributed by atoms with Gasteiger partial charge in [0.25, 0.3) is 5.91 Å². The second kappa shape index (κ2) is 6.65. The first-order valence-corrected chi connectivity index (χ1v) is 8.15. The second-order valence-corrected chi connectivity index (χ2v) is 6.61. The van der Waals surface area contributed by atoms with Crippen molar-refractivity contribution < 1.29 is 4.79 Å². The number of aryl methyl sites for hydroxylation is 1. The number of carbonyl (C=O) groups is 1. The van der Waals surface area contributed by atoms with E-state index in [1.54, 1.807) is 0 Å². The highest BCUT2D eigenvalue weighted by molar-refractivity contribution is 5.96. The summed E-state index contributed by atoms with van der Waals surface area (Å²) >= 11 is 0. The molecule has 2 unspecified atom stereocenters. The first kappa shape index (κ1) is 16.1. The molecular formula is C17H29N3O. The fourth-order valence-electron chi connectivity index (χ4n) is 3.73. The minimum Gasteiger partial charge on any atom is -0.349 e. The van der Waals surface area contributed by atoms with Crippen molar-refractivity contribution in [3.05, 3.63) is 23.0 Å². The predicted molar refractivity (Wildman–Crippen MR) is 86.6 cm³/mol. The van der Waals surface area contributed by atoms with Gasteiger partial charge in [-0.3, -0.25) is 4.79 Å². The molecule has 0 aliphatic heterocycles. The third kappa shape index (κ3) is 3.31. The maximum atomic E-state index is 12.6. The molecule has 1 aliphatic carbocycles. The predicted octanol–water partition coefficient (Wildman–Crippen LogP) is 2.93. The smallest absolute Gasteiger partial charge is 0.253 e. The van der Waals surface area contributed by atoms with Crippen molar-refractivity contribution in [1.82, 2.24) is 9.88 Å². The highest BCUT2D eigenvalue weighted by Crippen LogP contribution is 2.25. The van der Waals surface area contributed by atoms with E-state index in [0.717, 1.165) is 29.8 Å². The van der Waals surface area contributed by atoms with Crippen LogP contribution in [0.25, 0.3) is 0 Å². The van der Waals surface area contributed by atoms with E-state index in [9.17, 15) is 4.79 Å². The highest BCUT2D eigenvalue weighted by atomic mass is 16.1. The maximum Gasteiger partial charge on any atom is 0.253 e. The molecule has 0 radical (unpaired) electrons. The van der Waals surface area contributed by atoms with E-state index in [1.807, 2.05) is 13.0 Å². The summed E-state index contributed by atoms with van der Waals surface area (Å²) in [6.07, 6.45) is 4.60. The number of hydrogen-bond acceptors (Lipinski definition) is 2. The van der Waals surface area contributed by atoms with E-state index in [4.69, 9.17) is 5.73 Å². The lowest BCUT2D eigenvalue weighted by Gasteiger charge is -2.31. The van der Waals surface area contributed by atoms with Gasteiger partial charge in [0.1, 0.15) is 0 Å². The molecule has 1 fully saturated rings. The van der Waals surface area contributed by atoms with Crippen molar-refractivity contribution >= 4 is 5.91 Å². The number of nitrogens with zero attached hydrogens (tertiary/aromatic N) is 1. The molecule has 1 amide bonds. The Morgan fingerprint density at radius 3 is 2.62 bits per heavy atom. The first-order chi connectivity index (χ1) is 9.95. The summed E-state index contributed by atoms with van der Waals surface area (Å²) in [5.74, 6) is 0.483. The minimum absolute atomic E-state index is 0.0559. The minimum atomic E-state index is 0.0559. The summed E-state index contributed by atoms with van der Waals surface area (Å²) < 4.78 is 2.22. The Kier molecular flexibility index (Phi) is 5.09. The summed E-state index contributed by atoms with van der Waals surface area (Å²) in [5.41, 5.74) is 8.86. The van der Waals surface area contributed by atoms with Gasteiger partial charge in [-0.1, -0.05) is 12.8 Å². The van der Waals surface area contributed by atoms with Gasteiger partial charge in [-0.2, -0.15) is 0 Å². The molecule has 0 spiro atoms. The van der Waals surface area contributed by atoms with Gasteiger partial charge >= 0.3 is 0 Å². The average molecular weight is 291 g/mol. The van der Waals surface area contributed by atoms with Gasteiger partial charge < -0.3 is 15.6 Å². The Bertz CT molecular complexity index is 504. The average Bonchev–Trinajstić information content (AvgIpc) is 2.74. The van der Waals surface area contributed by atoms with Crippen molar-refractivity contribution in [3.8, 4) is 0 Å². The Morgan fingerprint density at radius 2 is 2.05 bits per heavy atom. The molecule has 21 heavy (non-hydrogen) atoms. The molecule has 0 bridgehead atoms. The quantitative estimate of drug-likeness (QED) is 0.896. The lowest BCUT2D eigenvalue weighted by atomic mass is 9.84. The molecule has 0 saturated heterocycles. The Morgan fingerprint density at radius 1 is 1.38 bits per heavy atom. The van der Waals surface area contributed by atoms with Crippen LogP contribution in [-0.4, -0.2) is 23.1 Å². The van der Waals surface area contributed by atoms with E-state index < -0.39 is 0 Å². The van der Waals surface area contributed by atoms with Crippen molar-refractivity contribution in [3.63, 3.8) is 0 Å². The molecule has 3 N–H and O–H groups in total. The van der Waals surface area contributed by atoms with Crippen LogP contribution in [0.2, 0.25) is 0 Å². The van der Waals surface area contributed by atoms with Crippen molar-refractivity contribution in [1.29, 1.82) is 0 Å². The number of carbonyl (C=O) groups excluding carboxylic acids is 1. The zero-order valence-corrected chi connectivity index (χ0v) is 13.8. The van der Waals surface area contributed by atoms with Crippen molar-refractivity contribution in [2.75, 3.05) is 6.54 Å². The third-order valence-corrected chi connectivity index (χ3v) is 4.77. The molecule has 1 aromatic heterocycles. The molecule has 118 valence electrons. The SMILES string of the molecule is Cc1cc(C(=O)NC2CCCCC2CN)c(C)n1C(C)C. The fraction of sp³-hybridized carbons (Fsp3) is 0.706. The van der Waals surface area contributed by atoms with Gasteiger partial charge in [0.15, 0.2) is 0 Å². The Balaban J connectivity index is 2.15. The number of rotatable bonds is 4. The van der Waals surface area contributed by atoms with Crippen LogP contribution in [0, 0.1) is 19.8 Å². The number of nitrogens with two attached hydrogens (primary N) is 1. The Labute approximate surface area is 128 Å². The van der Waals surface area contributed by atoms with Gasteiger partial charge in [0, 0.05) is 23.5 Å². The van der Waals surface area contributed by atoms with E-state index in [0.29, 0.717) is 18.5 Å². The lowest BCUT2D eigenvalue weighted by molar-refractivity contribution is 0.0907. The van der Waals surface area contributed by atoms with Gasteiger partial charge in [-0.25, -0.2) is 0 Å². The van der Waals surface area contributed by atoms with Crippen molar-refractivity contribution in [2.24, 2.45) is 11.7 Å². The molecule has 4 heteroatoms. The number of nitrogens with one attached hydrogen (secondary N) is 1. The van der Waals surface area contributed by atoms with E-state index in [1.165, 1.54) is 12.8 Å². The summed E-state index contributed by atoms with van der Waals surface area (Å²) in [6, 6.07) is 2.61. The van der Waals surface area contributed by atoms with Gasteiger partial charge in [-0.15, -0.1) is 0 Å². The van der Waals surface area contributed by atoms with E-state index in [2.05, 4.69) is 30.7 Å². The monoisotopic (exact) mass is 291 g/mol. The number of amides is 1. The summed E-state index contributed by atoms with van der Waals surface area (Å²) in [5, 5.41) is 3.22. The molecular weight excluding hydrogens is 262 g/mol. The van der Waals surface area contributed by atoms with Gasteiger partial charge in [-0.05, 0) is 59.1 Å². The topological polar surface area (TPSA) is 60.1 Å². The van der Waals surface area contributed by atoms with Crippen LogP contribution >= 0.6 is 0 Å². The molecule has 0 aromatic carbocycles. The molecule has 1 heterocycles. The molecule has 1 aromatic rings. The van der Waals surface area contributed by atoms with Crippen LogP contribution in [0.5, 0.6) is 0 Å². The van der Waals surface area contributed by atoms with Crippen LogP contribution in [0.4, 0.5) is 0 Å². The highest BCUT2D eigenvalue weighted by Gasteiger charge is 2.27. The fourth-order valence-corrected chi connectivity index (χ4v) is 3.73. The number of hydrogen-bond donors (Lipinski definition) is 2. The van der Waals surface area contributed by atoms with Crippen LogP contribution in [0.3, 0.4) is 0 Å². The third-order valence-electron chi connectivity index (χ3n) is 4.77. The summed E-state index contributed by atoms with van der Waals surface area (Å²) in [7, 11) is 0. The zero-order valence-electron chi connectivity index (χ0n) is 13.8. The molecule has 2 atom stereocenters. The maximum absolute atomic E-state index is 12.6. The molecule has 4 nitrogen and oxygen atoms in total. The molecule has 1 saturated carbocycles. The van der Waals surface area contributed by atoms with Crippen LogP contribution in [-0.2, 0) is 0 Å². The standard InChI is InChI=1S/C17H29N3O/c1-11(2)20-12(3)9-15(13(20)4)17(21)19-16-8-6-5-7-14(16)10-18/h9,11,14,16H,5-8,10,18H2,1-4H3,(H,19,21). The van der Waals surface area contributed by atoms with Gasteiger partial charge in [0.2, 0.25) is 0 Å². The summed E-state index contributed by atoms with van der Waals surface area (Å²) in [6.45, 7) is 9.05. The van der Waals surface area contributed by atoms with Crippen LogP contribution < -0.4 is 11.1 Å². The van der Waals surface area contributed by atoms with E-state index in [-0.39, 0.29) is 11.9 Å². The van der Waals surface area contributed by atoms with Crippen LogP contribution in [0.15, 0.2) is 6.07 Å². The van der Waals surface area contributed by atoms with Gasteiger partial charge in [0.05, 0.1) is 5.56 Å². The van der Waals surface area contributed by atoms with Crippen molar-refractivity contribution in [2.45, 2.75) is 65.5 Å². The molecule has 1 aliphatic rings. The van der Waals surface area contributed by atoms with E-state index >= 15 is 0 Å².